The Balaban J connectivity index is 2.54. The molecule has 1 heterocycles. The minimum absolute atomic E-state index is 0.822. The molecule has 1 aromatic carbocycles. The number of aromatic nitrogens is 2. The normalized spacial score (nSPS) is 11.1. The van der Waals surface area contributed by atoms with Gasteiger partial charge in [-0.1, -0.05) is 18.6 Å². The molecule has 2 aromatic rings. The molecule has 1 aromatic heterocycles. The van der Waals surface area contributed by atoms with Crippen molar-refractivity contribution in [3.63, 3.8) is 0 Å². The van der Waals surface area contributed by atoms with Gasteiger partial charge in [0.05, 0.1) is 5.69 Å². The van der Waals surface area contributed by atoms with Crippen LogP contribution in [0.25, 0.3) is 11.8 Å². The third-order valence-electron chi connectivity index (χ3n) is 2.88. The molecule has 4 nitrogen and oxygen atoms in total. The van der Waals surface area contributed by atoms with Crippen molar-refractivity contribution in [1.82, 2.24) is 9.55 Å². The summed E-state index contributed by atoms with van der Waals surface area (Å²) in [7, 11) is 0. The van der Waals surface area contributed by atoms with Crippen molar-refractivity contribution in [1.29, 1.82) is 0 Å². The minimum Gasteiger partial charge on any atom is -0.478 e. The summed E-state index contributed by atoms with van der Waals surface area (Å²) < 4.78 is 1.99. The van der Waals surface area contributed by atoms with Gasteiger partial charge in [-0.05, 0) is 30.7 Å². The summed E-state index contributed by atoms with van der Waals surface area (Å²) in [5.74, 6) is 0.00244. The number of hydrogen-bond donors (Lipinski definition) is 1. The molecule has 0 aliphatic carbocycles. The summed E-state index contributed by atoms with van der Waals surface area (Å²) in [6, 6.07) is 5.96. The van der Waals surface area contributed by atoms with Gasteiger partial charge in [0.25, 0.3) is 0 Å². The standard InChI is InChI=1S/C15H16N2O2/c1-3-14-16-8-9-17(14)13-6-4-11(2)10-12(13)5-7-15(18)19/h4-10H,3H2,1-2H3,(H,18,19)/b7-5+. The summed E-state index contributed by atoms with van der Waals surface area (Å²) >= 11 is 0. The van der Waals surface area contributed by atoms with E-state index in [0.29, 0.717) is 0 Å². The van der Waals surface area contributed by atoms with Gasteiger partial charge in [0.1, 0.15) is 5.82 Å². The van der Waals surface area contributed by atoms with Crippen molar-refractivity contribution in [2.45, 2.75) is 20.3 Å². The van der Waals surface area contributed by atoms with E-state index >= 15 is 0 Å². The number of carboxylic acid groups (broad SMARTS) is 1. The van der Waals surface area contributed by atoms with Crippen LogP contribution in [-0.2, 0) is 11.2 Å². The van der Waals surface area contributed by atoms with Gasteiger partial charge in [0.15, 0.2) is 0 Å². The van der Waals surface area contributed by atoms with Gasteiger partial charge in [-0.3, -0.25) is 0 Å². The zero-order valence-corrected chi connectivity index (χ0v) is 11.0. The zero-order chi connectivity index (χ0) is 13.8. The lowest BCUT2D eigenvalue weighted by Crippen LogP contribution is -2.01. The lowest BCUT2D eigenvalue weighted by Gasteiger charge is -2.11. The van der Waals surface area contributed by atoms with E-state index in [2.05, 4.69) is 4.98 Å². The second-order valence-corrected chi connectivity index (χ2v) is 4.30. The SMILES string of the molecule is CCc1nccn1-c1ccc(C)cc1/C=C/C(=O)O. The number of carboxylic acids is 1. The Morgan fingerprint density at radius 2 is 2.26 bits per heavy atom. The minimum atomic E-state index is -0.950. The largest absolute Gasteiger partial charge is 0.478 e. The molecule has 2 rings (SSSR count). The van der Waals surface area contributed by atoms with E-state index < -0.39 is 5.97 Å². The van der Waals surface area contributed by atoms with Crippen molar-refractivity contribution in [3.05, 3.63) is 53.6 Å². The van der Waals surface area contributed by atoms with Gasteiger partial charge in [-0.25, -0.2) is 9.78 Å². The quantitative estimate of drug-likeness (QED) is 0.856. The zero-order valence-electron chi connectivity index (χ0n) is 11.0. The molecular weight excluding hydrogens is 240 g/mol. The molecule has 4 heteroatoms. The molecule has 0 spiro atoms. The molecule has 0 atom stereocenters. The lowest BCUT2D eigenvalue weighted by atomic mass is 10.1. The number of aliphatic carboxylic acids is 1. The van der Waals surface area contributed by atoms with Crippen LogP contribution in [0.1, 0.15) is 23.9 Å². The highest BCUT2D eigenvalue weighted by molar-refractivity contribution is 5.86. The third-order valence-corrected chi connectivity index (χ3v) is 2.88. The Morgan fingerprint density at radius 3 is 2.95 bits per heavy atom. The number of benzene rings is 1. The monoisotopic (exact) mass is 256 g/mol. The molecule has 0 aliphatic heterocycles. The second-order valence-electron chi connectivity index (χ2n) is 4.30. The summed E-state index contributed by atoms with van der Waals surface area (Å²) in [5, 5.41) is 8.76. The van der Waals surface area contributed by atoms with Crippen LogP contribution in [0.5, 0.6) is 0 Å². The lowest BCUT2D eigenvalue weighted by molar-refractivity contribution is -0.131. The first-order valence-electron chi connectivity index (χ1n) is 6.16. The number of rotatable bonds is 4. The number of nitrogens with zero attached hydrogens (tertiary/aromatic N) is 2. The van der Waals surface area contributed by atoms with E-state index in [1.54, 1.807) is 12.3 Å². The average Bonchev–Trinajstić information content (AvgIpc) is 2.84. The predicted molar refractivity (Wildman–Crippen MR) is 74.3 cm³/mol. The van der Waals surface area contributed by atoms with Crippen molar-refractivity contribution in [2.75, 3.05) is 0 Å². The molecule has 1 N–H and O–H groups in total. The first-order chi connectivity index (χ1) is 9.11. The van der Waals surface area contributed by atoms with Gasteiger partial charge in [-0.2, -0.15) is 0 Å². The Morgan fingerprint density at radius 1 is 1.47 bits per heavy atom. The fourth-order valence-corrected chi connectivity index (χ4v) is 2.00. The molecule has 19 heavy (non-hydrogen) atoms. The molecule has 0 unspecified atom stereocenters. The van der Waals surface area contributed by atoms with Crippen LogP contribution in [0.4, 0.5) is 0 Å². The maximum atomic E-state index is 10.7. The number of hydrogen-bond acceptors (Lipinski definition) is 2. The van der Waals surface area contributed by atoms with Gasteiger partial charge >= 0.3 is 5.97 Å². The number of imidazole rings is 1. The molecule has 0 saturated carbocycles. The Kier molecular flexibility index (Phi) is 3.80. The van der Waals surface area contributed by atoms with Crippen LogP contribution in [0.15, 0.2) is 36.7 Å². The van der Waals surface area contributed by atoms with Crippen molar-refractivity contribution < 1.29 is 9.90 Å². The molecule has 0 bridgehead atoms. The molecule has 0 radical (unpaired) electrons. The van der Waals surface area contributed by atoms with E-state index in [4.69, 9.17) is 5.11 Å². The van der Waals surface area contributed by atoms with Gasteiger partial charge in [-0.15, -0.1) is 0 Å². The van der Waals surface area contributed by atoms with Crippen LogP contribution >= 0.6 is 0 Å². The molecule has 0 aliphatic rings. The van der Waals surface area contributed by atoms with Crippen molar-refractivity contribution >= 4 is 12.0 Å². The van der Waals surface area contributed by atoms with Crippen LogP contribution in [0.2, 0.25) is 0 Å². The van der Waals surface area contributed by atoms with Crippen LogP contribution in [0.3, 0.4) is 0 Å². The molecule has 0 fully saturated rings. The maximum absolute atomic E-state index is 10.7. The Labute approximate surface area is 112 Å². The fourth-order valence-electron chi connectivity index (χ4n) is 2.00. The topological polar surface area (TPSA) is 55.1 Å². The first kappa shape index (κ1) is 13.1. The summed E-state index contributed by atoms with van der Waals surface area (Å²) in [4.78, 5) is 15.0. The van der Waals surface area contributed by atoms with Gasteiger partial charge in [0, 0.05) is 24.9 Å². The maximum Gasteiger partial charge on any atom is 0.328 e. The van der Waals surface area contributed by atoms with E-state index in [1.807, 2.05) is 42.8 Å². The molecule has 0 saturated heterocycles. The molecular formula is C15H16N2O2. The van der Waals surface area contributed by atoms with E-state index in [9.17, 15) is 4.79 Å². The predicted octanol–water partition coefficient (Wildman–Crippen LogP) is 2.84. The van der Waals surface area contributed by atoms with Crippen molar-refractivity contribution in [3.8, 4) is 5.69 Å². The highest BCUT2D eigenvalue weighted by Crippen LogP contribution is 2.20. The molecule has 98 valence electrons. The average molecular weight is 256 g/mol. The van der Waals surface area contributed by atoms with E-state index in [-0.39, 0.29) is 0 Å². The Bertz CT molecular complexity index is 627. The van der Waals surface area contributed by atoms with E-state index in [1.165, 1.54) is 0 Å². The number of aryl methyl sites for hydroxylation is 2. The third kappa shape index (κ3) is 2.91. The smallest absolute Gasteiger partial charge is 0.328 e. The van der Waals surface area contributed by atoms with Crippen molar-refractivity contribution in [2.24, 2.45) is 0 Å². The van der Waals surface area contributed by atoms with Gasteiger partial charge in [0.2, 0.25) is 0 Å². The highest BCUT2D eigenvalue weighted by Gasteiger charge is 2.07. The number of carbonyl (C=O) groups is 1. The van der Waals surface area contributed by atoms with Crippen LogP contribution < -0.4 is 0 Å². The summed E-state index contributed by atoms with van der Waals surface area (Å²) in [6.45, 7) is 4.02. The molecule has 0 amide bonds. The van der Waals surface area contributed by atoms with E-state index in [0.717, 1.165) is 35.1 Å². The van der Waals surface area contributed by atoms with Crippen LogP contribution in [0, 0.1) is 6.92 Å². The summed E-state index contributed by atoms with van der Waals surface area (Å²) in [5.41, 5.74) is 2.90. The van der Waals surface area contributed by atoms with Crippen LogP contribution in [-0.4, -0.2) is 20.6 Å². The fraction of sp³-hybridized carbons (Fsp3) is 0.200. The second kappa shape index (κ2) is 5.52. The highest BCUT2D eigenvalue weighted by atomic mass is 16.4. The van der Waals surface area contributed by atoms with Gasteiger partial charge < -0.3 is 9.67 Å². The summed E-state index contributed by atoms with van der Waals surface area (Å²) in [6.07, 6.45) is 7.23. The Hall–Kier alpha value is -2.36. The first-order valence-corrected chi connectivity index (χ1v) is 6.16.